The zero-order chi connectivity index (χ0) is 10.2. The first-order valence-corrected chi connectivity index (χ1v) is 2.44. The predicted molar refractivity (Wildman–Crippen MR) is 24.8 cm³/mol. The molecule has 0 spiro atoms. The molecule has 0 saturated carbocycles. The van der Waals surface area contributed by atoms with Crippen LogP contribution in [0.25, 0.3) is 0 Å². The van der Waals surface area contributed by atoms with E-state index in [4.69, 9.17) is 0 Å². The predicted octanol–water partition coefficient (Wildman–Crippen LogP) is 2.81. The topological polar surface area (TPSA) is 0 Å². The minimum atomic E-state index is -6.31. The summed E-state index contributed by atoms with van der Waals surface area (Å²) in [5, 5.41) is 0. The summed E-state index contributed by atoms with van der Waals surface area (Å²) in [6.07, 6.45) is -7.30. The molecule has 0 fully saturated rings. The largest absolute Gasteiger partial charge is 0.460 e. The molecule has 0 bridgehead atoms. The standard InChI is InChI=1S/C5H2F7/c1-2-3(6,7)4(8,9)5(10,11)12/h1-2H. The fourth-order valence-electron chi connectivity index (χ4n) is 0.294. The van der Waals surface area contributed by atoms with Gasteiger partial charge >= 0.3 is 18.0 Å². The average molecular weight is 195 g/mol. The maximum Gasteiger partial charge on any atom is 0.460 e. The van der Waals surface area contributed by atoms with Crippen LogP contribution in [0, 0.1) is 6.58 Å². The van der Waals surface area contributed by atoms with E-state index in [-0.39, 0.29) is 0 Å². The van der Waals surface area contributed by atoms with Crippen LogP contribution in [0.3, 0.4) is 0 Å². The van der Waals surface area contributed by atoms with Gasteiger partial charge in [-0.1, -0.05) is 6.58 Å². The monoisotopic (exact) mass is 195 g/mol. The molecule has 12 heavy (non-hydrogen) atoms. The molecule has 0 aromatic rings. The third-order valence-electron chi connectivity index (χ3n) is 0.984. The van der Waals surface area contributed by atoms with Gasteiger partial charge in [0.05, 0.1) is 0 Å². The van der Waals surface area contributed by atoms with Crippen LogP contribution in [0.5, 0.6) is 0 Å². The Morgan fingerprint density at radius 2 is 1.17 bits per heavy atom. The van der Waals surface area contributed by atoms with Gasteiger partial charge in [0.25, 0.3) is 0 Å². The second-order valence-corrected chi connectivity index (χ2v) is 1.86. The molecular formula is C5H2F7. The zero-order valence-corrected chi connectivity index (χ0v) is 5.30. The maximum atomic E-state index is 11.8. The van der Waals surface area contributed by atoms with E-state index >= 15 is 0 Å². The number of alkyl halides is 7. The summed E-state index contributed by atoms with van der Waals surface area (Å²) in [7, 11) is 0. The first-order chi connectivity index (χ1) is 5.06. The Balaban J connectivity index is 4.97. The van der Waals surface area contributed by atoms with Gasteiger partial charge < -0.3 is 0 Å². The van der Waals surface area contributed by atoms with Gasteiger partial charge in [0.1, 0.15) is 0 Å². The van der Waals surface area contributed by atoms with Gasteiger partial charge in [0.15, 0.2) is 0 Å². The van der Waals surface area contributed by atoms with Gasteiger partial charge in [0.2, 0.25) is 0 Å². The van der Waals surface area contributed by atoms with Crippen molar-refractivity contribution in [2.75, 3.05) is 0 Å². The van der Waals surface area contributed by atoms with E-state index in [9.17, 15) is 30.7 Å². The van der Waals surface area contributed by atoms with Crippen molar-refractivity contribution in [2.24, 2.45) is 0 Å². The Labute approximate surface area is 62.7 Å². The highest BCUT2D eigenvalue weighted by atomic mass is 19.4. The third-order valence-corrected chi connectivity index (χ3v) is 0.984. The first kappa shape index (κ1) is 11.2. The van der Waals surface area contributed by atoms with Gasteiger partial charge in [0, 0.05) is 0 Å². The van der Waals surface area contributed by atoms with Crippen LogP contribution in [0.4, 0.5) is 30.7 Å². The van der Waals surface area contributed by atoms with Crippen molar-refractivity contribution in [3.05, 3.63) is 12.7 Å². The molecule has 0 aromatic heterocycles. The molecule has 1 radical (unpaired) electrons. The van der Waals surface area contributed by atoms with E-state index in [1.807, 2.05) is 0 Å². The molecule has 71 valence electrons. The lowest BCUT2D eigenvalue weighted by atomic mass is 10.1. The molecule has 0 heterocycles. The number of halogens is 7. The van der Waals surface area contributed by atoms with Crippen molar-refractivity contribution >= 4 is 0 Å². The molecule has 0 N–H and O–H groups in total. The van der Waals surface area contributed by atoms with Crippen molar-refractivity contribution in [1.82, 2.24) is 0 Å². The van der Waals surface area contributed by atoms with Gasteiger partial charge in [-0.3, -0.25) is 0 Å². The Kier molecular flexibility index (Phi) is 2.47. The minimum Gasteiger partial charge on any atom is -0.195 e. The van der Waals surface area contributed by atoms with Crippen LogP contribution in [-0.4, -0.2) is 18.0 Å². The first-order valence-electron chi connectivity index (χ1n) is 2.44. The molecule has 0 aliphatic rings. The number of hydrogen-bond donors (Lipinski definition) is 0. The fraction of sp³-hybridized carbons (Fsp3) is 0.600. The van der Waals surface area contributed by atoms with Gasteiger partial charge in [-0.05, 0) is 6.08 Å². The normalized spacial score (nSPS) is 14.6. The van der Waals surface area contributed by atoms with Crippen LogP contribution < -0.4 is 0 Å². The van der Waals surface area contributed by atoms with Crippen LogP contribution in [0.1, 0.15) is 0 Å². The number of hydrogen-bond acceptors (Lipinski definition) is 0. The molecule has 0 rings (SSSR count). The second kappa shape index (κ2) is 2.63. The number of allylic oxidation sites excluding steroid dienone is 1. The zero-order valence-electron chi connectivity index (χ0n) is 5.30. The van der Waals surface area contributed by atoms with E-state index in [0.29, 0.717) is 0 Å². The molecule has 0 unspecified atom stereocenters. The highest BCUT2D eigenvalue weighted by Crippen LogP contribution is 2.46. The molecular weight excluding hydrogens is 193 g/mol. The SMILES string of the molecule is [CH]=CC(F)(F)C(F)(F)C(F)(F)F. The molecule has 0 atom stereocenters. The van der Waals surface area contributed by atoms with Crippen LogP contribution in [0.15, 0.2) is 6.08 Å². The highest BCUT2D eigenvalue weighted by molar-refractivity contribution is 5.00. The van der Waals surface area contributed by atoms with Gasteiger partial charge in [-0.15, -0.1) is 0 Å². The van der Waals surface area contributed by atoms with Crippen molar-refractivity contribution < 1.29 is 30.7 Å². The quantitative estimate of drug-likeness (QED) is 0.594. The Bertz CT molecular complexity index is 177. The molecule has 7 heteroatoms. The van der Waals surface area contributed by atoms with E-state index < -0.39 is 24.1 Å². The van der Waals surface area contributed by atoms with Crippen LogP contribution in [-0.2, 0) is 0 Å². The van der Waals surface area contributed by atoms with E-state index in [0.717, 1.165) is 0 Å². The van der Waals surface area contributed by atoms with Crippen molar-refractivity contribution in [3.63, 3.8) is 0 Å². The van der Waals surface area contributed by atoms with Gasteiger partial charge in [-0.2, -0.15) is 30.7 Å². The summed E-state index contributed by atoms with van der Waals surface area (Å²) < 4.78 is 80.6. The van der Waals surface area contributed by atoms with Crippen LogP contribution >= 0.6 is 0 Å². The Hall–Kier alpha value is -0.750. The van der Waals surface area contributed by atoms with Crippen molar-refractivity contribution in [1.29, 1.82) is 0 Å². The highest BCUT2D eigenvalue weighted by Gasteiger charge is 2.71. The Morgan fingerprint density at radius 3 is 1.25 bits per heavy atom. The van der Waals surface area contributed by atoms with E-state index in [1.54, 1.807) is 0 Å². The summed E-state index contributed by atoms with van der Waals surface area (Å²) >= 11 is 0. The van der Waals surface area contributed by atoms with Crippen LogP contribution in [0.2, 0.25) is 0 Å². The van der Waals surface area contributed by atoms with Gasteiger partial charge in [-0.25, -0.2) is 0 Å². The molecule has 0 nitrogen and oxygen atoms in total. The second-order valence-electron chi connectivity index (χ2n) is 1.86. The molecule has 0 aromatic carbocycles. The molecule has 0 amide bonds. The van der Waals surface area contributed by atoms with E-state index in [1.165, 1.54) is 0 Å². The maximum absolute atomic E-state index is 11.8. The van der Waals surface area contributed by atoms with Crippen molar-refractivity contribution in [3.8, 4) is 0 Å². The summed E-state index contributed by atoms with van der Waals surface area (Å²) in [5.41, 5.74) is 0. The lowest BCUT2D eigenvalue weighted by Gasteiger charge is -2.25. The lowest BCUT2D eigenvalue weighted by Crippen LogP contribution is -2.50. The molecule has 0 aliphatic carbocycles. The lowest BCUT2D eigenvalue weighted by molar-refractivity contribution is -0.341. The summed E-state index contributed by atoms with van der Waals surface area (Å²) in [6, 6.07) is 0. The average Bonchev–Trinajstić information content (AvgIpc) is 1.85. The Morgan fingerprint density at radius 1 is 0.833 bits per heavy atom. The summed E-state index contributed by atoms with van der Waals surface area (Å²) in [6.45, 7) is 3.93. The number of rotatable bonds is 2. The fourth-order valence-corrected chi connectivity index (χ4v) is 0.294. The molecule has 0 aliphatic heterocycles. The minimum absolute atomic E-state index is 0.986. The molecule has 0 saturated heterocycles. The summed E-state index contributed by atoms with van der Waals surface area (Å²) in [4.78, 5) is 0. The third kappa shape index (κ3) is 1.54. The van der Waals surface area contributed by atoms with E-state index in [2.05, 4.69) is 6.58 Å². The van der Waals surface area contributed by atoms with Crippen molar-refractivity contribution in [2.45, 2.75) is 18.0 Å². The summed E-state index contributed by atoms with van der Waals surface area (Å²) in [5.74, 6) is -11.5. The smallest absolute Gasteiger partial charge is 0.195 e.